The fraction of sp³-hybridized carbons (Fsp3) is 0.830. The van der Waals surface area contributed by atoms with Crippen molar-refractivity contribution in [3.63, 3.8) is 0 Å². The largest absolute Gasteiger partial charge is 0.462 e. The highest BCUT2D eigenvalue weighted by atomic mass is 16.6. The van der Waals surface area contributed by atoms with Crippen molar-refractivity contribution in [2.24, 2.45) is 21.7 Å². The Labute approximate surface area is 377 Å². The van der Waals surface area contributed by atoms with Crippen LogP contribution in [0.2, 0.25) is 0 Å². The van der Waals surface area contributed by atoms with Crippen LogP contribution in [-0.4, -0.2) is 106 Å². The minimum Gasteiger partial charge on any atom is -0.462 e. The second kappa shape index (κ2) is 24.8. The Morgan fingerprint density at radius 2 is 1.10 bits per heavy atom. The maximum atomic E-state index is 13.9. The third kappa shape index (κ3) is 19.3. The van der Waals surface area contributed by atoms with Gasteiger partial charge in [0.25, 0.3) is 5.91 Å². The Morgan fingerprint density at radius 3 is 1.56 bits per heavy atom. The molecule has 2 rings (SSSR count). The number of esters is 2. The van der Waals surface area contributed by atoms with Crippen molar-refractivity contribution in [3.8, 4) is 0 Å². The summed E-state index contributed by atoms with van der Waals surface area (Å²) in [6.45, 7) is 26.5. The van der Waals surface area contributed by atoms with Gasteiger partial charge in [0.1, 0.15) is 37.6 Å². The maximum Gasteiger partial charge on any atom is 0.407 e. The van der Waals surface area contributed by atoms with E-state index in [2.05, 4.69) is 69.4 Å². The summed E-state index contributed by atoms with van der Waals surface area (Å²) < 4.78 is 32.7. The van der Waals surface area contributed by atoms with Crippen molar-refractivity contribution in [2.75, 3.05) is 46.1 Å². The highest BCUT2D eigenvalue weighted by molar-refractivity contribution is 5.85. The average molecular weight is 895 g/mol. The van der Waals surface area contributed by atoms with Gasteiger partial charge in [0.15, 0.2) is 0 Å². The van der Waals surface area contributed by atoms with Crippen molar-refractivity contribution >= 4 is 36.1 Å². The average Bonchev–Trinajstić information content (AvgIpc) is 3.19. The topological polar surface area (TPSA) is 206 Å². The summed E-state index contributed by atoms with van der Waals surface area (Å²) in [6, 6.07) is -0.325. The van der Waals surface area contributed by atoms with E-state index in [9.17, 15) is 28.8 Å². The minimum absolute atomic E-state index is 0.000964. The second-order valence-corrected chi connectivity index (χ2v) is 20.1. The molecule has 2 fully saturated rings. The fourth-order valence-electron chi connectivity index (χ4n) is 10.2. The smallest absolute Gasteiger partial charge is 0.407 e. The molecule has 0 bridgehead atoms. The zero-order valence-electron chi connectivity index (χ0n) is 40.5. The van der Waals surface area contributed by atoms with Gasteiger partial charge in [0, 0.05) is 44.8 Å². The van der Waals surface area contributed by atoms with Gasteiger partial charge in [-0.25, -0.2) is 19.2 Å². The van der Waals surface area contributed by atoms with E-state index in [1.165, 1.54) is 6.92 Å². The van der Waals surface area contributed by atoms with Gasteiger partial charge in [0.2, 0.25) is 0 Å². The van der Waals surface area contributed by atoms with Crippen LogP contribution in [-0.2, 0) is 42.8 Å². The zero-order chi connectivity index (χ0) is 47.5. The molecule has 0 aromatic heterocycles. The molecular formula is C47H82N4O12. The quantitative estimate of drug-likeness (QED) is 0.0297. The number of hydrogen-bond acceptors (Lipinski definition) is 12. The van der Waals surface area contributed by atoms with Crippen LogP contribution in [0.5, 0.6) is 0 Å². The molecule has 0 heterocycles. The molecule has 16 heteroatoms. The third-order valence-electron chi connectivity index (χ3n) is 12.8. The van der Waals surface area contributed by atoms with Crippen LogP contribution < -0.4 is 21.3 Å². The summed E-state index contributed by atoms with van der Waals surface area (Å²) in [5.41, 5.74) is -2.46. The summed E-state index contributed by atoms with van der Waals surface area (Å²) >= 11 is 0. The maximum absolute atomic E-state index is 13.9. The van der Waals surface area contributed by atoms with E-state index in [1.54, 1.807) is 0 Å². The number of ether oxygens (including phenoxy) is 6. The molecule has 4 atom stereocenters. The molecule has 4 unspecified atom stereocenters. The predicted molar refractivity (Wildman–Crippen MR) is 240 cm³/mol. The van der Waals surface area contributed by atoms with Crippen molar-refractivity contribution in [1.29, 1.82) is 0 Å². The highest BCUT2D eigenvalue weighted by Gasteiger charge is 2.45. The Bertz CT molecular complexity index is 1530. The monoisotopic (exact) mass is 895 g/mol. The number of amides is 4. The molecule has 2 aliphatic rings. The number of carbonyl (C=O) groups excluding carboxylic acids is 6. The van der Waals surface area contributed by atoms with Gasteiger partial charge in [-0.2, -0.15) is 0 Å². The van der Waals surface area contributed by atoms with Crippen molar-refractivity contribution in [3.05, 3.63) is 12.7 Å². The highest BCUT2D eigenvalue weighted by Crippen LogP contribution is 2.47. The molecule has 0 aromatic carbocycles. The first kappa shape index (κ1) is 55.1. The normalized spacial score (nSPS) is 23.0. The van der Waals surface area contributed by atoms with E-state index in [-0.39, 0.29) is 66.1 Å². The molecule has 4 N–H and O–H groups in total. The lowest BCUT2D eigenvalue weighted by Crippen LogP contribution is -2.54. The molecule has 0 saturated heterocycles. The van der Waals surface area contributed by atoms with E-state index in [1.807, 2.05) is 27.7 Å². The molecule has 63 heavy (non-hydrogen) atoms. The van der Waals surface area contributed by atoms with Gasteiger partial charge in [-0.3, -0.25) is 9.59 Å². The molecule has 16 nitrogen and oxygen atoms in total. The van der Waals surface area contributed by atoms with E-state index >= 15 is 0 Å². The summed E-state index contributed by atoms with van der Waals surface area (Å²) in [5, 5.41) is 12.2. The van der Waals surface area contributed by atoms with Crippen LogP contribution in [0.4, 0.5) is 14.4 Å². The molecule has 362 valence electrons. The van der Waals surface area contributed by atoms with E-state index in [0.29, 0.717) is 71.1 Å². The Hall–Kier alpha value is -4.08. The summed E-state index contributed by atoms with van der Waals surface area (Å²) in [4.78, 5) is 74.5. The van der Waals surface area contributed by atoms with Gasteiger partial charge < -0.3 is 49.7 Å². The second-order valence-electron chi connectivity index (χ2n) is 20.1. The lowest BCUT2D eigenvalue weighted by molar-refractivity contribution is -0.149. The molecule has 2 saturated carbocycles. The summed E-state index contributed by atoms with van der Waals surface area (Å²) in [7, 11) is 0. The van der Waals surface area contributed by atoms with Gasteiger partial charge in [-0.1, -0.05) is 75.8 Å². The summed E-state index contributed by atoms with van der Waals surface area (Å²) in [6.07, 6.45) is 8.27. The number of nitrogens with one attached hydrogen (secondary N) is 4. The first-order chi connectivity index (χ1) is 29.4. The first-order valence-electron chi connectivity index (χ1n) is 23.1. The van der Waals surface area contributed by atoms with Crippen LogP contribution in [0.25, 0.3) is 0 Å². The number of hydrogen-bond donors (Lipinski definition) is 4. The van der Waals surface area contributed by atoms with Crippen LogP contribution >= 0.6 is 0 Å². The van der Waals surface area contributed by atoms with Crippen LogP contribution in [0.3, 0.4) is 0 Å². The molecule has 4 amide bonds. The van der Waals surface area contributed by atoms with Crippen molar-refractivity contribution in [1.82, 2.24) is 21.3 Å². The predicted octanol–water partition coefficient (Wildman–Crippen LogP) is 8.05. The number of unbranched alkanes of at least 4 members (excludes halogenated alkanes) is 1. The fourth-order valence-corrected chi connectivity index (χ4v) is 10.2. The Kier molecular flexibility index (Phi) is 21.7. The van der Waals surface area contributed by atoms with Crippen LogP contribution in [0.15, 0.2) is 12.7 Å². The molecule has 0 spiro atoms. The number of alkyl carbamates (subject to hydrolysis) is 3. The summed E-state index contributed by atoms with van der Waals surface area (Å²) in [5.74, 6) is -1.17. The molecular weight excluding hydrogens is 813 g/mol. The SMILES string of the molecule is C=CC(=O)OCCOC(=O)NC1CC(C)(C)CC(C)(CNC(=O)OC(CC)(CC)CCCCOC(CC)(CC)C(=O)NCC2(C)CC(NC(=O)OCCOC(C)=O)CC(C)(C)C2)C1. The van der Waals surface area contributed by atoms with E-state index in [4.69, 9.17) is 28.4 Å². The van der Waals surface area contributed by atoms with Crippen molar-refractivity contribution in [2.45, 2.75) is 183 Å². The van der Waals surface area contributed by atoms with Crippen LogP contribution in [0.1, 0.15) is 160 Å². The first-order valence-corrected chi connectivity index (χ1v) is 23.1. The van der Waals surface area contributed by atoms with E-state index in [0.717, 1.165) is 38.2 Å². The molecule has 0 aliphatic heterocycles. The Balaban J connectivity index is 1.90. The standard InChI is InChI=1S/C47H82N4O12/c1-13-37(53)59-23-25-61-41(57)51-36-27-43(9,10)31-45(12,29-36)33-49-39(55)63-46(14-2,15-3)20-18-19-21-62-47(16-4,17-5)38(54)48-32-44(11)28-35(26-42(7,8)30-44)50-40(56)60-24-22-58-34(6)52/h13,35-36H,1,14-33H2,2-12H3,(H,48,54)(H,49,55)(H,50,56)(H,51,57). The lowest BCUT2D eigenvalue weighted by Gasteiger charge is -2.47. The van der Waals surface area contributed by atoms with Gasteiger partial charge in [0.05, 0.1) is 0 Å². The molecule has 0 aromatic rings. The number of carbonyl (C=O) groups is 6. The Morgan fingerprint density at radius 1 is 0.619 bits per heavy atom. The van der Waals surface area contributed by atoms with Gasteiger partial charge >= 0.3 is 30.2 Å². The lowest BCUT2D eigenvalue weighted by atomic mass is 9.62. The third-order valence-corrected chi connectivity index (χ3v) is 12.8. The minimum atomic E-state index is -0.993. The molecule has 0 radical (unpaired) electrons. The van der Waals surface area contributed by atoms with Gasteiger partial charge in [-0.05, 0) is 105 Å². The molecule has 2 aliphatic carbocycles. The zero-order valence-corrected chi connectivity index (χ0v) is 40.5. The van der Waals surface area contributed by atoms with Crippen molar-refractivity contribution < 1.29 is 57.2 Å². The van der Waals surface area contributed by atoms with Crippen LogP contribution in [0, 0.1) is 21.7 Å². The van der Waals surface area contributed by atoms with E-state index < -0.39 is 41.4 Å². The number of rotatable bonds is 25. The van der Waals surface area contributed by atoms with Gasteiger partial charge in [-0.15, -0.1) is 0 Å².